The molecule has 0 spiro atoms. The highest BCUT2D eigenvalue weighted by Gasteiger charge is 2.42. The van der Waals surface area contributed by atoms with Gasteiger partial charge in [0.25, 0.3) is 0 Å². The maximum absolute atomic E-state index is 13.9. The fourth-order valence-electron chi connectivity index (χ4n) is 2.81. The summed E-state index contributed by atoms with van der Waals surface area (Å²) in [5.74, 6) is -50.0. The molecule has 0 aliphatic heterocycles. The highest BCUT2D eigenvalue weighted by atomic mass is 19.2. The zero-order valence-corrected chi connectivity index (χ0v) is 19.9. The van der Waals surface area contributed by atoms with Crippen LogP contribution >= 0.6 is 0 Å². The van der Waals surface area contributed by atoms with Crippen LogP contribution in [0.3, 0.4) is 0 Å². The molecule has 43 heavy (non-hydrogen) atoms. The lowest BCUT2D eigenvalue weighted by atomic mass is 10.1. The van der Waals surface area contributed by atoms with Gasteiger partial charge in [-0.2, -0.15) is 26.3 Å². The Morgan fingerprint density at radius 2 is 0.395 bits per heavy atom. The minimum Gasteiger partial charge on any atom is -0.484 e. The minimum absolute atomic E-state index is 2.00. The molecule has 0 unspecified atom stereocenters. The monoisotopic (exact) mass is 638 g/mol. The molecule has 0 fully saturated rings. The molecular formula is C24H6BF15O3. The first-order chi connectivity index (χ1) is 20.1. The van der Waals surface area contributed by atoms with Crippen LogP contribution in [0.15, 0.2) is 36.4 Å². The molecule has 4 rings (SSSR count). The van der Waals surface area contributed by atoms with Crippen molar-refractivity contribution in [2.24, 2.45) is 0 Å². The molecule has 0 aliphatic rings. The van der Waals surface area contributed by atoms with E-state index in [-0.39, 0.29) is 0 Å². The van der Waals surface area contributed by atoms with Gasteiger partial charge in [0.15, 0.2) is 17.2 Å². The summed E-state index contributed by atoms with van der Waals surface area (Å²) in [6.07, 6.45) is 0. The lowest BCUT2D eigenvalue weighted by Gasteiger charge is -2.19. The van der Waals surface area contributed by atoms with E-state index < -0.39 is 112 Å². The van der Waals surface area contributed by atoms with Crippen LogP contribution in [0.2, 0.25) is 0 Å². The van der Waals surface area contributed by atoms with E-state index in [2.05, 4.69) is 14.0 Å². The van der Waals surface area contributed by atoms with Crippen LogP contribution in [0.5, 0.6) is 17.2 Å². The zero-order valence-electron chi connectivity index (χ0n) is 19.9. The van der Waals surface area contributed by atoms with Gasteiger partial charge in [0.1, 0.15) is 0 Å². The van der Waals surface area contributed by atoms with Gasteiger partial charge in [-0.05, 0) is 0 Å². The number of halogens is 15. The van der Waals surface area contributed by atoms with E-state index in [9.17, 15) is 65.9 Å². The topological polar surface area (TPSA) is 27.7 Å². The third-order valence-corrected chi connectivity index (χ3v) is 4.82. The molecule has 0 saturated carbocycles. The largest absolute Gasteiger partial charge is 0.864 e. The Kier molecular flexibility index (Phi) is 9.98. The van der Waals surface area contributed by atoms with E-state index in [0.717, 1.165) is 0 Å². The van der Waals surface area contributed by atoms with Gasteiger partial charge in [0.05, 0.1) is 0 Å². The van der Waals surface area contributed by atoms with Gasteiger partial charge in [-0.3, -0.25) is 0 Å². The van der Waals surface area contributed by atoms with E-state index in [1.54, 1.807) is 0 Å². The van der Waals surface area contributed by atoms with Crippen molar-refractivity contribution in [3.05, 3.63) is 124 Å². The van der Waals surface area contributed by atoms with Crippen LogP contribution in [0, 0.1) is 87.3 Å². The van der Waals surface area contributed by atoms with E-state index in [4.69, 9.17) is 0 Å². The van der Waals surface area contributed by atoms with Gasteiger partial charge >= 0.3 is 7.32 Å². The van der Waals surface area contributed by atoms with Gasteiger partial charge < -0.3 is 14.0 Å². The molecular weight excluding hydrogens is 632 g/mol. The molecule has 0 bridgehead atoms. The zero-order chi connectivity index (χ0) is 32.3. The molecule has 0 saturated heterocycles. The molecule has 4 aromatic carbocycles. The van der Waals surface area contributed by atoms with E-state index in [1.165, 1.54) is 0 Å². The lowest BCUT2D eigenvalue weighted by Crippen LogP contribution is -2.39. The summed E-state index contributed by atoms with van der Waals surface area (Å²) >= 11 is 0. The number of rotatable bonds is 6. The quantitative estimate of drug-likeness (QED) is 0.0929. The average Bonchev–Trinajstić information content (AvgIpc) is 3.02. The van der Waals surface area contributed by atoms with Crippen molar-refractivity contribution in [3.63, 3.8) is 0 Å². The molecule has 19 heteroatoms. The maximum Gasteiger partial charge on any atom is 0.864 e. The van der Waals surface area contributed by atoms with Crippen molar-refractivity contribution in [2.75, 3.05) is 0 Å². The highest BCUT2D eigenvalue weighted by Crippen LogP contribution is 2.35. The van der Waals surface area contributed by atoms with Crippen molar-refractivity contribution in [3.8, 4) is 17.2 Å². The Balaban J connectivity index is 0.000000749. The Morgan fingerprint density at radius 3 is 0.558 bits per heavy atom. The van der Waals surface area contributed by atoms with Crippen LogP contribution in [0.4, 0.5) is 65.9 Å². The summed E-state index contributed by atoms with van der Waals surface area (Å²) in [7, 11) is -3.75. The highest BCUT2D eigenvalue weighted by molar-refractivity contribution is 6.39. The second-order valence-electron chi connectivity index (χ2n) is 7.49. The third kappa shape index (κ3) is 6.39. The van der Waals surface area contributed by atoms with E-state index in [1.807, 2.05) is 36.4 Å². The smallest absolute Gasteiger partial charge is 0.484 e. The number of benzene rings is 4. The first kappa shape index (κ1) is 32.8. The third-order valence-electron chi connectivity index (χ3n) is 4.82. The van der Waals surface area contributed by atoms with Crippen LogP contribution in [0.1, 0.15) is 0 Å². The maximum atomic E-state index is 13.9. The van der Waals surface area contributed by atoms with Crippen molar-refractivity contribution >= 4 is 7.32 Å². The van der Waals surface area contributed by atoms with Gasteiger partial charge in [-0.25, -0.2) is 39.5 Å². The number of hydrogen-bond acceptors (Lipinski definition) is 3. The standard InChI is InChI=1S/C18BF15O3.C6H6/c20-1-4(23)10(29)16(11(30)5(1)24)35-19(36-17-12(31)6(25)2(21)7(26)13(17)32)37-18-14(33)8(27)3(22)9(28)15(18)34;1-2-4-6-5-3-1/h;1-6H. The Hall–Kier alpha value is -4.71. The SMILES string of the molecule is Fc1c(F)c(F)c(OB(Oc2c(F)c(F)c(F)c(F)c2F)Oc2c(F)c(F)c(F)c(F)c2F)c(F)c1F.c1ccccc1. The average molecular weight is 638 g/mol. The van der Waals surface area contributed by atoms with Crippen LogP contribution in [0.25, 0.3) is 0 Å². The van der Waals surface area contributed by atoms with Crippen LogP contribution < -0.4 is 14.0 Å². The molecule has 0 radical (unpaired) electrons. The Labute approximate surface area is 228 Å². The van der Waals surface area contributed by atoms with Gasteiger partial charge in [0.2, 0.25) is 87.3 Å². The van der Waals surface area contributed by atoms with Gasteiger partial charge in [0, 0.05) is 0 Å². The molecule has 0 heterocycles. The second kappa shape index (κ2) is 13.1. The van der Waals surface area contributed by atoms with Crippen LogP contribution in [-0.4, -0.2) is 7.32 Å². The van der Waals surface area contributed by atoms with E-state index in [0.29, 0.717) is 0 Å². The Morgan fingerprint density at radius 1 is 0.256 bits per heavy atom. The summed E-state index contributed by atoms with van der Waals surface area (Å²) in [5.41, 5.74) is 0. The first-order valence-corrected chi connectivity index (χ1v) is 10.7. The fraction of sp³-hybridized carbons (Fsp3) is 0. The normalized spacial score (nSPS) is 10.7. The first-order valence-electron chi connectivity index (χ1n) is 10.7. The molecule has 0 N–H and O–H groups in total. The van der Waals surface area contributed by atoms with Crippen molar-refractivity contribution in [1.29, 1.82) is 0 Å². The summed E-state index contributed by atoms with van der Waals surface area (Å²) in [4.78, 5) is 0. The molecule has 4 aromatic rings. The molecule has 0 amide bonds. The van der Waals surface area contributed by atoms with E-state index >= 15 is 0 Å². The predicted octanol–water partition coefficient (Wildman–Crippen LogP) is 7.98. The molecule has 3 nitrogen and oxygen atoms in total. The minimum atomic E-state index is -3.75. The van der Waals surface area contributed by atoms with Crippen molar-refractivity contribution in [1.82, 2.24) is 0 Å². The second-order valence-corrected chi connectivity index (χ2v) is 7.49. The Bertz CT molecular complexity index is 1390. The van der Waals surface area contributed by atoms with Gasteiger partial charge in [-0.1, -0.05) is 36.4 Å². The summed E-state index contributed by atoms with van der Waals surface area (Å²) in [6, 6.07) is 12.0. The van der Waals surface area contributed by atoms with Crippen molar-refractivity contribution < 1.29 is 79.8 Å². The summed E-state index contributed by atoms with van der Waals surface area (Å²) in [6.45, 7) is 0. The summed E-state index contributed by atoms with van der Waals surface area (Å²) in [5, 5.41) is 0. The van der Waals surface area contributed by atoms with Gasteiger partial charge in [-0.15, -0.1) is 0 Å². The molecule has 228 valence electrons. The number of hydrogen-bond donors (Lipinski definition) is 0. The molecule has 0 atom stereocenters. The molecule has 0 aliphatic carbocycles. The fourth-order valence-corrected chi connectivity index (χ4v) is 2.81. The van der Waals surface area contributed by atoms with Crippen LogP contribution in [-0.2, 0) is 0 Å². The van der Waals surface area contributed by atoms with Crippen molar-refractivity contribution in [2.45, 2.75) is 0 Å². The lowest BCUT2D eigenvalue weighted by molar-refractivity contribution is 0.247. The molecule has 0 aromatic heterocycles. The predicted molar refractivity (Wildman–Crippen MR) is 113 cm³/mol. The summed E-state index contributed by atoms with van der Waals surface area (Å²) < 4.78 is 216.